The molecule has 0 aromatic rings. The number of nitrogens with zero attached hydrogens (tertiary/aromatic N) is 1. The van der Waals surface area contributed by atoms with Gasteiger partial charge in [-0.15, -0.1) is 0 Å². The Kier molecular flexibility index (Phi) is 13.7. The third-order valence-electron chi connectivity index (χ3n) is 0.944. The molecule has 0 atom stereocenters. The van der Waals surface area contributed by atoms with Gasteiger partial charge in [-0.3, -0.25) is 0 Å². The van der Waals surface area contributed by atoms with E-state index in [9.17, 15) is 0 Å². The van der Waals surface area contributed by atoms with Crippen molar-refractivity contribution in [3.8, 4) is 6.07 Å². The van der Waals surface area contributed by atoms with E-state index in [1.54, 1.807) is 12.2 Å². The summed E-state index contributed by atoms with van der Waals surface area (Å²) in [6.45, 7) is 7.81. The molecule has 0 heterocycles. The number of hydrogen-bond acceptors (Lipinski definition) is 1. The molecule has 66 valence electrons. The van der Waals surface area contributed by atoms with Gasteiger partial charge in [0.1, 0.15) is 0 Å². The van der Waals surface area contributed by atoms with Crippen molar-refractivity contribution in [3.05, 3.63) is 36.0 Å². The molecule has 0 bridgehead atoms. The Balaban J connectivity index is 0. The van der Waals surface area contributed by atoms with Gasteiger partial charge in [0.15, 0.2) is 0 Å². The third kappa shape index (κ3) is 8.71. The lowest BCUT2D eigenvalue weighted by Gasteiger charge is -1.80. The van der Waals surface area contributed by atoms with Crippen LogP contribution < -0.4 is 0 Å². The van der Waals surface area contributed by atoms with Crippen LogP contribution in [0.25, 0.3) is 0 Å². The average Bonchev–Trinajstić information content (AvgIpc) is 2.15. The van der Waals surface area contributed by atoms with Gasteiger partial charge in [-0.25, -0.2) is 0 Å². The van der Waals surface area contributed by atoms with E-state index >= 15 is 0 Å². The molecule has 0 spiro atoms. The summed E-state index contributed by atoms with van der Waals surface area (Å²) in [4.78, 5) is 0. The maximum atomic E-state index is 8.48. The van der Waals surface area contributed by atoms with Gasteiger partial charge >= 0.3 is 0 Å². The maximum Gasteiger partial charge on any atom is 0.0991 e. The molecule has 0 aliphatic rings. The molecule has 12 heavy (non-hydrogen) atoms. The zero-order chi connectivity index (χ0) is 9.82. The molecule has 0 unspecified atom stereocenters. The van der Waals surface area contributed by atoms with E-state index in [1.165, 1.54) is 0 Å². The van der Waals surface area contributed by atoms with Crippen molar-refractivity contribution in [1.82, 2.24) is 0 Å². The normalized spacial score (nSPS) is 11.1. The first kappa shape index (κ1) is 13.3. The zero-order valence-electron chi connectivity index (χ0n) is 8.33. The van der Waals surface area contributed by atoms with Crippen LogP contribution in [0, 0.1) is 11.3 Å². The molecule has 0 aliphatic carbocycles. The minimum absolute atomic E-state index is 0.681. The van der Waals surface area contributed by atoms with Gasteiger partial charge in [0.2, 0.25) is 0 Å². The number of hydrogen-bond donors (Lipinski definition) is 0. The van der Waals surface area contributed by atoms with Crippen molar-refractivity contribution >= 4 is 0 Å². The number of nitriles is 1. The van der Waals surface area contributed by atoms with Gasteiger partial charge in [0.05, 0.1) is 11.6 Å². The third-order valence-corrected chi connectivity index (χ3v) is 0.944. The highest BCUT2D eigenvalue weighted by Gasteiger charge is 1.81. The van der Waals surface area contributed by atoms with E-state index < -0.39 is 0 Å². The Labute approximate surface area is 75.7 Å². The van der Waals surface area contributed by atoms with Gasteiger partial charge in [0, 0.05) is 0 Å². The van der Waals surface area contributed by atoms with Crippen LogP contribution in [0.15, 0.2) is 36.0 Å². The predicted octanol–water partition coefficient (Wildman–Crippen LogP) is 3.61. The summed E-state index contributed by atoms with van der Waals surface area (Å²) in [6, 6.07) is 2.06. The number of rotatable bonds is 2. The van der Waals surface area contributed by atoms with Gasteiger partial charge in [0.25, 0.3) is 0 Å². The summed E-state index contributed by atoms with van der Waals surface area (Å²) in [5.41, 5.74) is 0.681. The largest absolute Gasteiger partial charge is 0.192 e. The van der Waals surface area contributed by atoms with Crippen LogP contribution in [-0.4, -0.2) is 0 Å². The van der Waals surface area contributed by atoms with Crippen LogP contribution in [0.1, 0.15) is 27.7 Å². The van der Waals surface area contributed by atoms with Crippen LogP contribution in [0.4, 0.5) is 0 Å². The fourth-order valence-electron chi connectivity index (χ4n) is 0.510. The second kappa shape index (κ2) is 12.4. The first-order chi connectivity index (χ1) is 5.85. The minimum atomic E-state index is 0.681. The van der Waals surface area contributed by atoms with Crippen molar-refractivity contribution < 1.29 is 0 Å². The first-order valence-electron chi connectivity index (χ1n) is 4.21. The summed E-state index contributed by atoms with van der Waals surface area (Å²) in [5.74, 6) is 0. The molecule has 0 amide bonds. The summed E-state index contributed by atoms with van der Waals surface area (Å²) < 4.78 is 0. The molecule has 0 N–H and O–H groups in total. The van der Waals surface area contributed by atoms with Crippen molar-refractivity contribution in [2.24, 2.45) is 0 Å². The minimum Gasteiger partial charge on any atom is -0.192 e. The average molecular weight is 163 g/mol. The molecule has 0 rings (SSSR count). The highest BCUT2D eigenvalue weighted by atomic mass is 14.2. The van der Waals surface area contributed by atoms with E-state index in [-0.39, 0.29) is 0 Å². The summed E-state index contributed by atoms with van der Waals surface area (Å²) in [6.07, 6.45) is 9.14. The van der Waals surface area contributed by atoms with Crippen LogP contribution >= 0.6 is 0 Å². The second-order valence-corrected chi connectivity index (χ2v) is 1.76. The summed E-state index contributed by atoms with van der Waals surface area (Å²) in [5, 5.41) is 8.48. The monoisotopic (exact) mass is 163 g/mol. The molecule has 0 radical (unpaired) electrons. The van der Waals surface area contributed by atoms with Crippen molar-refractivity contribution in [3.63, 3.8) is 0 Å². The molecule has 0 aromatic heterocycles. The van der Waals surface area contributed by atoms with E-state index in [2.05, 4.69) is 6.07 Å². The van der Waals surface area contributed by atoms with Crippen LogP contribution in [-0.2, 0) is 0 Å². The molecule has 0 aromatic carbocycles. The van der Waals surface area contributed by atoms with E-state index in [0.29, 0.717) is 5.57 Å². The lowest BCUT2D eigenvalue weighted by molar-refractivity contribution is 1.49. The summed E-state index contributed by atoms with van der Waals surface area (Å²) in [7, 11) is 0. The molecular weight excluding hydrogens is 146 g/mol. The number of allylic oxidation sites excluding steroid dienone is 6. The van der Waals surface area contributed by atoms with Crippen LogP contribution in [0.2, 0.25) is 0 Å². The van der Waals surface area contributed by atoms with E-state index in [4.69, 9.17) is 5.26 Å². The van der Waals surface area contributed by atoms with Crippen molar-refractivity contribution in [2.75, 3.05) is 0 Å². The Morgan fingerprint density at radius 3 is 2.08 bits per heavy atom. The standard InChI is InChI=1S/C9H11N.C2H6/c1-3-5-7-9(8-10)6-4-2;1-2/h3-7H,1-2H3;1-2H3/b5-3+,6-4-,9-7+;. The van der Waals surface area contributed by atoms with Gasteiger partial charge in [-0.05, 0) is 26.0 Å². The Morgan fingerprint density at radius 1 is 1.17 bits per heavy atom. The quantitative estimate of drug-likeness (QED) is 0.450. The molecular formula is C11H17N. The van der Waals surface area contributed by atoms with Gasteiger partial charge < -0.3 is 0 Å². The van der Waals surface area contributed by atoms with Crippen LogP contribution in [0.5, 0.6) is 0 Å². The fourth-order valence-corrected chi connectivity index (χ4v) is 0.510. The zero-order valence-corrected chi connectivity index (χ0v) is 8.33. The fraction of sp³-hybridized carbons (Fsp3) is 0.364. The van der Waals surface area contributed by atoms with Gasteiger partial charge in [-0.2, -0.15) is 5.26 Å². The van der Waals surface area contributed by atoms with E-state index in [1.807, 2.05) is 45.9 Å². The lowest BCUT2D eigenvalue weighted by atomic mass is 10.2. The van der Waals surface area contributed by atoms with Crippen LogP contribution in [0.3, 0.4) is 0 Å². The molecule has 0 saturated heterocycles. The topological polar surface area (TPSA) is 23.8 Å². The van der Waals surface area contributed by atoms with Gasteiger partial charge in [-0.1, -0.05) is 32.1 Å². The molecule has 0 saturated carbocycles. The Morgan fingerprint density at radius 2 is 1.75 bits per heavy atom. The highest BCUT2D eigenvalue weighted by Crippen LogP contribution is 1.94. The SMILES string of the molecule is CC.C\C=C/C(C#N)=C\C=C\C. The van der Waals surface area contributed by atoms with Crippen molar-refractivity contribution in [2.45, 2.75) is 27.7 Å². The molecule has 0 fully saturated rings. The van der Waals surface area contributed by atoms with E-state index in [0.717, 1.165) is 0 Å². The lowest BCUT2D eigenvalue weighted by Crippen LogP contribution is -1.67. The maximum absolute atomic E-state index is 8.48. The smallest absolute Gasteiger partial charge is 0.0991 e. The molecule has 1 heteroatoms. The second-order valence-electron chi connectivity index (χ2n) is 1.76. The molecule has 0 aliphatic heterocycles. The summed E-state index contributed by atoms with van der Waals surface area (Å²) >= 11 is 0. The highest BCUT2D eigenvalue weighted by molar-refractivity contribution is 5.35. The Bertz CT molecular complexity index is 202. The first-order valence-corrected chi connectivity index (χ1v) is 4.21. The Hall–Kier alpha value is -1.29. The molecule has 1 nitrogen and oxygen atoms in total. The van der Waals surface area contributed by atoms with Crippen molar-refractivity contribution in [1.29, 1.82) is 5.26 Å². The predicted molar refractivity (Wildman–Crippen MR) is 54.7 cm³/mol.